The van der Waals surface area contributed by atoms with Gasteiger partial charge >= 0.3 is 6.18 Å². The van der Waals surface area contributed by atoms with Crippen molar-refractivity contribution in [1.29, 1.82) is 0 Å². The average Bonchev–Trinajstić information content (AvgIpc) is 2.57. The zero-order chi connectivity index (χ0) is 19.3. The van der Waals surface area contributed by atoms with Crippen molar-refractivity contribution >= 4 is 11.6 Å². The Balaban J connectivity index is 2.32. The predicted octanol–water partition coefficient (Wildman–Crippen LogP) is 2.08. The van der Waals surface area contributed by atoms with Gasteiger partial charge in [0.05, 0.1) is 17.9 Å². The molecule has 0 aliphatic heterocycles. The molecule has 7 nitrogen and oxygen atoms in total. The Hall–Kier alpha value is -2.88. The highest BCUT2D eigenvalue weighted by Gasteiger charge is 2.31. The standard InChI is InChI=1S/C16H16F3N3O4/c1-22-14(23)6-4-11(21-22)15(24)20-12-9-10(16(17,18)19)3-5-13(12)26-8-7-25-2/h3-6,9H,7-8H2,1-2H3,(H,20,24). The minimum atomic E-state index is -4.58. The van der Waals surface area contributed by atoms with Gasteiger partial charge in [-0.1, -0.05) is 0 Å². The van der Waals surface area contributed by atoms with E-state index >= 15 is 0 Å². The van der Waals surface area contributed by atoms with Gasteiger partial charge in [0, 0.05) is 20.2 Å². The molecule has 26 heavy (non-hydrogen) atoms. The molecular weight excluding hydrogens is 355 g/mol. The van der Waals surface area contributed by atoms with Gasteiger partial charge in [-0.15, -0.1) is 0 Å². The summed E-state index contributed by atoms with van der Waals surface area (Å²) in [4.78, 5) is 23.6. The van der Waals surface area contributed by atoms with E-state index in [4.69, 9.17) is 9.47 Å². The van der Waals surface area contributed by atoms with Crippen LogP contribution in [0.1, 0.15) is 16.1 Å². The van der Waals surface area contributed by atoms with Gasteiger partial charge in [0.1, 0.15) is 18.1 Å². The van der Waals surface area contributed by atoms with E-state index in [1.165, 1.54) is 20.2 Å². The number of hydrogen-bond donors (Lipinski definition) is 1. The quantitative estimate of drug-likeness (QED) is 0.787. The summed E-state index contributed by atoms with van der Waals surface area (Å²) in [6.07, 6.45) is -4.58. The van der Waals surface area contributed by atoms with Crippen LogP contribution in [-0.4, -0.2) is 36.0 Å². The molecule has 1 aromatic carbocycles. The van der Waals surface area contributed by atoms with Crippen molar-refractivity contribution in [1.82, 2.24) is 9.78 Å². The first-order chi connectivity index (χ1) is 12.2. The van der Waals surface area contributed by atoms with Crippen LogP contribution in [-0.2, 0) is 18.0 Å². The number of carbonyl (C=O) groups excluding carboxylic acids is 1. The average molecular weight is 371 g/mol. The summed E-state index contributed by atoms with van der Waals surface area (Å²) in [5.41, 5.74) is -1.67. The molecule has 0 unspecified atom stereocenters. The van der Waals surface area contributed by atoms with Gasteiger partial charge in [0.25, 0.3) is 11.5 Å². The molecule has 0 fully saturated rings. The first kappa shape index (κ1) is 19.4. The number of aryl methyl sites for hydroxylation is 1. The van der Waals surface area contributed by atoms with Gasteiger partial charge in [0.15, 0.2) is 0 Å². The van der Waals surface area contributed by atoms with E-state index in [0.29, 0.717) is 0 Å². The lowest BCUT2D eigenvalue weighted by atomic mass is 10.1. The van der Waals surface area contributed by atoms with E-state index in [9.17, 15) is 22.8 Å². The zero-order valence-electron chi connectivity index (χ0n) is 14.0. The summed E-state index contributed by atoms with van der Waals surface area (Å²) >= 11 is 0. The molecule has 0 aliphatic carbocycles. The van der Waals surface area contributed by atoms with Crippen LogP contribution in [0.4, 0.5) is 18.9 Å². The van der Waals surface area contributed by atoms with Crippen LogP contribution in [0.3, 0.4) is 0 Å². The fourth-order valence-corrected chi connectivity index (χ4v) is 1.97. The smallest absolute Gasteiger partial charge is 0.416 e. The first-order valence-electron chi connectivity index (χ1n) is 7.41. The minimum absolute atomic E-state index is 0.0493. The molecule has 0 bridgehead atoms. The van der Waals surface area contributed by atoms with Gasteiger partial charge < -0.3 is 14.8 Å². The fourth-order valence-electron chi connectivity index (χ4n) is 1.97. The van der Waals surface area contributed by atoms with E-state index in [0.717, 1.165) is 28.9 Å². The number of methoxy groups -OCH3 is 1. The molecule has 1 N–H and O–H groups in total. The number of anilines is 1. The summed E-state index contributed by atoms with van der Waals surface area (Å²) < 4.78 is 49.9. The minimum Gasteiger partial charge on any atom is -0.489 e. The second-order valence-corrected chi connectivity index (χ2v) is 5.18. The predicted molar refractivity (Wildman–Crippen MR) is 86.2 cm³/mol. The van der Waals surface area contributed by atoms with Crippen molar-refractivity contribution in [2.45, 2.75) is 6.18 Å². The summed E-state index contributed by atoms with van der Waals surface area (Å²) in [5, 5.41) is 6.08. The van der Waals surface area contributed by atoms with E-state index in [1.54, 1.807) is 0 Å². The van der Waals surface area contributed by atoms with Gasteiger partial charge in [0.2, 0.25) is 0 Å². The number of hydrogen-bond acceptors (Lipinski definition) is 5. The summed E-state index contributed by atoms with van der Waals surface area (Å²) in [7, 11) is 2.80. The maximum absolute atomic E-state index is 12.9. The molecule has 1 heterocycles. The molecule has 10 heteroatoms. The lowest BCUT2D eigenvalue weighted by Gasteiger charge is -2.15. The van der Waals surface area contributed by atoms with Gasteiger partial charge in [-0.25, -0.2) is 4.68 Å². The lowest BCUT2D eigenvalue weighted by molar-refractivity contribution is -0.137. The molecule has 0 saturated heterocycles. The van der Waals surface area contributed by atoms with Crippen LogP contribution < -0.4 is 15.6 Å². The number of ether oxygens (including phenoxy) is 2. The molecule has 0 radical (unpaired) electrons. The largest absolute Gasteiger partial charge is 0.489 e. The van der Waals surface area contributed by atoms with Crippen molar-refractivity contribution in [3.63, 3.8) is 0 Å². The van der Waals surface area contributed by atoms with Crippen molar-refractivity contribution < 1.29 is 27.4 Å². The molecule has 2 aromatic rings. The highest BCUT2D eigenvalue weighted by Crippen LogP contribution is 2.35. The Morgan fingerprint density at radius 2 is 1.96 bits per heavy atom. The van der Waals surface area contributed by atoms with Crippen LogP contribution in [0.2, 0.25) is 0 Å². The third-order valence-corrected chi connectivity index (χ3v) is 3.29. The summed E-state index contributed by atoms with van der Waals surface area (Å²) in [5.74, 6) is -0.732. The number of aromatic nitrogens is 2. The zero-order valence-corrected chi connectivity index (χ0v) is 14.0. The van der Waals surface area contributed by atoms with Gasteiger partial charge in [-0.3, -0.25) is 9.59 Å². The number of rotatable bonds is 6. The SMILES string of the molecule is COCCOc1ccc(C(F)(F)F)cc1NC(=O)c1ccc(=O)n(C)n1. The van der Waals surface area contributed by atoms with Crippen molar-refractivity contribution in [2.24, 2.45) is 7.05 Å². The maximum Gasteiger partial charge on any atom is 0.416 e. The molecule has 0 atom stereocenters. The van der Waals surface area contributed by atoms with Crippen molar-refractivity contribution in [3.05, 3.63) is 51.9 Å². The molecule has 140 valence electrons. The van der Waals surface area contributed by atoms with Crippen molar-refractivity contribution in [3.8, 4) is 5.75 Å². The third-order valence-electron chi connectivity index (χ3n) is 3.29. The summed E-state index contributed by atoms with van der Waals surface area (Å²) in [6.45, 7) is 0.305. The highest BCUT2D eigenvalue weighted by atomic mass is 19.4. The fraction of sp³-hybridized carbons (Fsp3) is 0.312. The van der Waals surface area contributed by atoms with E-state index in [2.05, 4.69) is 10.4 Å². The van der Waals surface area contributed by atoms with Crippen LogP contribution in [0.5, 0.6) is 5.75 Å². The molecule has 1 amide bonds. The Morgan fingerprint density at radius 3 is 2.58 bits per heavy atom. The number of nitrogens with one attached hydrogen (secondary N) is 1. The molecule has 0 aliphatic rings. The van der Waals surface area contributed by atoms with Crippen molar-refractivity contribution in [2.75, 3.05) is 25.6 Å². The second-order valence-electron chi connectivity index (χ2n) is 5.18. The van der Waals surface area contributed by atoms with Crippen LogP contribution in [0, 0.1) is 0 Å². The Labute approximate surface area is 146 Å². The number of benzene rings is 1. The number of nitrogens with zero attached hydrogens (tertiary/aromatic N) is 2. The second kappa shape index (κ2) is 8.00. The topological polar surface area (TPSA) is 82.5 Å². The number of carbonyl (C=O) groups is 1. The highest BCUT2D eigenvalue weighted by molar-refractivity contribution is 6.03. The van der Waals surface area contributed by atoms with Gasteiger partial charge in [-0.2, -0.15) is 18.3 Å². The Kier molecular flexibility index (Phi) is 5.98. The number of halogens is 3. The summed E-state index contributed by atoms with van der Waals surface area (Å²) in [6, 6.07) is 5.04. The molecule has 0 saturated carbocycles. The normalized spacial score (nSPS) is 11.3. The van der Waals surface area contributed by atoms with Crippen LogP contribution in [0.25, 0.3) is 0 Å². The van der Waals surface area contributed by atoms with E-state index in [1.807, 2.05) is 0 Å². The monoisotopic (exact) mass is 371 g/mol. The van der Waals surface area contributed by atoms with Crippen LogP contribution >= 0.6 is 0 Å². The van der Waals surface area contributed by atoms with E-state index < -0.39 is 23.2 Å². The maximum atomic E-state index is 12.9. The number of amides is 1. The molecule has 1 aromatic heterocycles. The molecule has 0 spiro atoms. The van der Waals surface area contributed by atoms with E-state index in [-0.39, 0.29) is 30.3 Å². The Bertz CT molecular complexity index is 849. The molecule has 2 rings (SSSR count). The first-order valence-corrected chi connectivity index (χ1v) is 7.41. The third kappa shape index (κ3) is 4.82. The Morgan fingerprint density at radius 1 is 1.23 bits per heavy atom. The lowest BCUT2D eigenvalue weighted by Crippen LogP contribution is -2.24. The number of alkyl halides is 3. The van der Waals surface area contributed by atoms with Crippen LogP contribution in [0.15, 0.2) is 35.1 Å². The molecular formula is C16H16F3N3O4. The van der Waals surface area contributed by atoms with Gasteiger partial charge in [-0.05, 0) is 24.3 Å².